The van der Waals surface area contributed by atoms with Crippen LogP contribution in [0.2, 0.25) is 0 Å². The van der Waals surface area contributed by atoms with Crippen molar-refractivity contribution < 1.29 is 44.1 Å². The van der Waals surface area contributed by atoms with Crippen LogP contribution in [0.5, 0.6) is 0 Å². The third-order valence-electron chi connectivity index (χ3n) is 12.9. The number of aliphatic carboxylic acids is 1. The number of carbonyl (C=O) groups is 6. The van der Waals surface area contributed by atoms with E-state index in [1.165, 1.54) is 17.9 Å². The highest BCUT2D eigenvalue weighted by Crippen LogP contribution is 2.27. The van der Waals surface area contributed by atoms with E-state index >= 15 is 0 Å². The summed E-state index contributed by atoms with van der Waals surface area (Å²) < 4.78 is 8.51. The number of hydrogen-bond donors (Lipinski definition) is 6. The molecule has 0 aliphatic rings. The van der Waals surface area contributed by atoms with Crippen LogP contribution in [0.3, 0.4) is 0 Å². The molecule has 6 aromatic carbocycles. The number of Topliss-reactive ketones (excluding diaryl/α,β-unsaturated/α-hetero) is 1. The number of rotatable bonds is 9. The number of carboxylic acids is 1. The van der Waals surface area contributed by atoms with Gasteiger partial charge in [-0.1, -0.05) is 112 Å². The van der Waals surface area contributed by atoms with E-state index in [0.717, 1.165) is 71.7 Å². The van der Waals surface area contributed by atoms with Crippen molar-refractivity contribution in [3.63, 3.8) is 0 Å². The molecule has 0 atom stereocenters. The molecule has 8 heterocycles. The van der Waals surface area contributed by atoms with Crippen LogP contribution in [-0.4, -0.2) is 101 Å². The maximum absolute atomic E-state index is 12.3. The van der Waals surface area contributed by atoms with Crippen molar-refractivity contribution in [1.82, 2.24) is 55.6 Å². The number of aromatic nitrogens is 10. The van der Waals surface area contributed by atoms with Gasteiger partial charge in [0.2, 0.25) is 5.91 Å². The van der Waals surface area contributed by atoms with E-state index in [1.54, 1.807) is 30.7 Å². The summed E-state index contributed by atoms with van der Waals surface area (Å²) >= 11 is 8.98. The fourth-order valence-corrected chi connectivity index (χ4v) is 8.97. The van der Waals surface area contributed by atoms with Gasteiger partial charge in [-0.3, -0.25) is 34.2 Å². The van der Waals surface area contributed by atoms with Crippen molar-refractivity contribution in [3.05, 3.63) is 236 Å². The molecule has 0 saturated heterocycles. The molecule has 0 aliphatic carbocycles. The second-order valence-electron chi connectivity index (χ2n) is 18.4. The number of carboxylic acid groups (broad SMARTS) is 1. The average molecular weight is 1240 g/mol. The summed E-state index contributed by atoms with van der Waals surface area (Å²) in [5, 5.41) is 29.3. The number of halogens is 2. The Morgan fingerprint density at radius 2 is 1.01 bits per heavy atom. The lowest BCUT2D eigenvalue weighted by Crippen LogP contribution is -2.15. The summed E-state index contributed by atoms with van der Waals surface area (Å²) in [7, 11) is 1.20. The second-order valence-corrected chi connectivity index (χ2v) is 19.1. The quantitative estimate of drug-likeness (QED) is 0.0339. The Morgan fingerprint density at radius 3 is 1.55 bits per heavy atom. The molecule has 0 fully saturated rings. The largest absolute Gasteiger partial charge is 0.481 e. The number of pyridine rings is 3. The Labute approximate surface area is 519 Å². The fourth-order valence-electron chi connectivity index (χ4n) is 8.97. The number of esters is 1. The SMILES string of the molecule is C.C.COC(=O)C(=O)c1cn(-c2ccc3ccccc3c2)c2ncccc12.N.NC(=O)Cc1[nH]nc2ccccc12.O.O=C(Cl)C(=O)Cl.O=C(O)Cc1[nH]nc2ccccc12.c1ccc2cc(-n3ccc4cccnc43)ccc2c1.c1cnc2[nH]ccc2c1. The minimum absolute atomic E-state index is 0. The number of methoxy groups -OCH3 is 1. The number of ketones is 1. The number of hydrogen-bond acceptors (Lipinski definition) is 13. The van der Waals surface area contributed by atoms with Crippen molar-refractivity contribution in [3.8, 4) is 11.4 Å². The number of benzene rings is 6. The zero-order valence-electron chi connectivity index (χ0n) is 46.2. The number of nitrogens with two attached hydrogens (primary N) is 1. The molecule has 0 bridgehead atoms. The number of para-hydroxylation sites is 2. The Balaban J connectivity index is 0.000000202. The minimum atomic E-state index is -1.14. The van der Waals surface area contributed by atoms with Gasteiger partial charge in [-0.25, -0.2) is 19.7 Å². The first kappa shape index (κ1) is 68.5. The van der Waals surface area contributed by atoms with E-state index in [-0.39, 0.29) is 50.8 Å². The van der Waals surface area contributed by atoms with E-state index in [4.69, 9.17) is 10.8 Å². The number of carbonyl (C=O) groups excluding carboxylic acids is 5. The number of nitrogens with one attached hydrogen (secondary N) is 3. The Hall–Kier alpha value is -11.2. The molecule has 0 aliphatic heterocycles. The van der Waals surface area contributed by atoms with Crippen LogP contribution in [0.1, 0.15) is 36.6 Å². The lowest BCUT2D eigenvalue weighted by atomic mass is 10.1. The van der Waals surface area contributed by atoms with Crippen molar-refractivity contribution in [2.45, 2.75) is 27.7 Å². The van der Waals surface area contributed by atoms with Gasteiger partial charge in [0.1, 0.15) is 16.9 Å². The molecule has 8 aromatic heterocycles. The highest BCUT2D eigenvalue weighted by atomic mass is 35.5. The maximum atomic E-state index is 12.3. The first-order chi connectivity index (χ1) is 41.3. The predicted molar refractivity (Wildman–Crippen MR) is 350 cm³/mol. The third-order valence-corrected chi connectivity index (χ3v) is 13.3. The van der Waals surface area contributed by atoms with Crippen LogP contribution in [0.25, 0.3) is 87.8 Å². The molecule has 0 spiro atoms. The van der Waals surface area contributed by atoms with Gasteiger partial charge in [0, 0.05) is 75.5 Å². The van der Waals surface area contributed by atoms with Crippen molar-refractivity contribution >= 4 is 134 Å². The summed E-state index contributed by atoms with van der Waals surface area (Å²) in [4.78, 5) is 79.9. The van der Waals surface area contributed by atoms with Crippen LogP contribution in [0.4, 0.5) is 0 Å². The van der Waals surface area contributed by atoms with E-state index in [0.29, 0.717) is 16.7 Å². The molecule has 89 heavy (non-hydrogen) atoms. The molecule has 11 N–H and O–H groups in total. The summed E-state index contributed by atoms with van der Waals surface area (Å²) in [5.41, 5.74) is 13.1. The van der Waals surface area contributed by atoms with Crippen LogP contribution < -0.4 is 11.9 Å². The van der Waals surface area contributed by atoms with E-state index < -0.39 is 28.2 Å². The van der Waals surface area contributed by atoms with Crippen LogP contribution in [0.15, 0.2) is 219 Å². The van der Waals surface area contributed by atoms with E-state index in [9.17, 15) is 28.8 Å². The monoisotopic (exact) mass is 1240 g/mol. The predicted octanol–water partition coefficient (Wildman–Crippen LogP) is 12.2. The normalized spacial score (nSPS) is 10.1. The summed E-state index contributed by atoms with van der Waals surface area (Å²) in [6, 6.07) is 59.6. The molecule has 1 amide bonds. The van der Waals surface area contributed by atoms with Gasteiger partial charge < -0.3 is 41.3 Å². The number of H-pyrrole nitrogens is 3. The second kappa shape index (κ2) is 32.3. The molecule has 0 unspecified atom stereocenters. The molecule has 21 nitrogen and oxygen atoms in total. The van der Waals surface area contributed by atoms with Crippen LogP contribution in [-0.2, 0) is 41.6 Å². The number of fused-ring (bicyclic) bond motifs is 7. The molecule has 0 radical (unpaired) electrons. The summed E-state index contributed by atoms with van der Waals surface area (Å²) in [5.74, 6) is -2.77. The van der Waals surface area contributed by atoms with Gasteiger partial charge in [-0.05, 0) is 130 Å². The summed E-state index contributed by atoms with van der Waals surface area (Å²) in [6.07, 6.45) is 11.1. The lowest BCUT2D eigenvalue weighted by molar-refractivity contribution is -0.136. The number of primary amides is 1. The maximum Gasteiger partial charge on any atom is 0.379 e. The Bertz CT molecular complexity index is 4600. The van der Waals surface area contributed by atoms with Gasteiger partial charge in [0.05, 0.1) is 47.9 Å². The molecule has 454 valence electrons. The number of amides is 1. The first-order valence-electron chi connectivity index (χ1n) is 25.9. The minimum Gasteiger partial charge on any atom is -0.481 e. The molecular formula is C66H62Cl2N12O9. The van der Waals surface area contributed by atoms with E-state index in [1.807, 2.05) is 132 Å². The van der Waals surface area contributed by atoms with Crippen molar-refractivity contribution in [2.75, 3.05) is 7.11 Å². The standard InChI is InChI=1S/C20H14N2O3.C17H12N2.C9H9N3O.C9H8N2O2.C7H6N2.C2Cl2O2.2CH4.H3N.H2O/c1-25-20(24)18(23)17-12-22(19-16(17)7-4-10-21-19)15-9-8-13-5-2-3-6-14(13)11-15;1-2-5-15-12-16(8-7-13(15)4-1)19-11-9-14-6-3-10-18-17(14)19;10-9(13)5-8-6-3-1-2-4-7(6)11-12-8;12-9(13)5-8-6-3-1-2-4-7(6)10-11-8;1-2-6-3-5-9-7(6)8-4-1;3-1(5)2(4)6;;;;/h2-12H,1H3;1-12H;1-4H,5H2,(H2,10,13)(H,11,12);1-4H,5H2,(H,10,11)(H,12,13);1-5H,(H,8,9);;2*1H4;1H3;1H2. The van der Waals surface area contributed by atoms with Crippen molar-refractivity contribution in [2.24, 2.45) is 5.73 Å². The smallest absolute Gasteiger partial charge is 0.379 e. The van der Waals surface area contributed by atoms with Crippen LogP contribution >= 0.6 is 23.2 Å². The van der Waals surface area contributed by atoms with E-state index in [2.05, 4.69) is 134 Å². The van der Waals surface area contributed by atoms with Gasteiger partial charge in [0.15, 0.2) is 0 Å². The highest BCUT2D eigenvalue weighted by molar-refractivity contribution is 6.97. The van der Waals surface area contributed by atoms with Gasteiger partial charge in [0.25, 0.3) is 5.78 Å². The molecular weight excluding hydrogens is 1180 g/mol. The lowest BCUT2D eigenvalue weighted by Gasteiger charge is -2.06. The fraction of sp³-hybridized carbons (Fsp3) is 0.0758. The molecule has 23 heteroatoms. The molecule has 14 aromatic rings. The zero-order valence-corrected chi connectivity index (χ0v) is 47.7. The Kier molecular flexibility index (Phi) is 24.9. The first-order valence-corrected chi connectivity index (χ1v) is 26.6. The molecule has 0 saturated carbocycles. The van der Waals surface area contributed by atoms with Gasteiger partial charge >= 0.3 is 22.4 Å². The summed E-state index contributed by atoms with van der Waals surface area (Å²) in [6.45, 7) is 0. The van der Waals surface area contributed by atoms with Crippen LogP contribution in [0, 0.1) is 0 Å². The topological polar surface area (TPSA) is 346 Å². The number of ether oxygens (including phenoxy) is 1. The third kappa shape index (κ3) is 17.0. The van der Waals surface area contributed by atoms with Crippen molar-refractivity contribution in [1.29, 1.82) is 0 Å². The number of aromatic amines is 3. The van der Waals surface area contributed by atoms with Gasteiger partial charge in [-0.15, -0.1) is 0 Å². The Morgan fingerprint density at radius 1 is 0.539 bits per heavy atom. The molecule has 14 rings (SSSR count). The highest BCUT2D eigenvalue weighted by Gasteiger charge is 2.23. The number of nitrogens with zero attached hydrogens (tertiary/aromatic N) is 7. The van der Waals surface area contributed by atoms with Gasteiger partial charge in [-0.2, -0.15) is 10.2 Å². The zero-order chi connectivity index (χ0) is 59.8. The average Bonchev–Trinajstić information content (AvgIpc) is 3.13.